The molecule has 2 rings (SSSR count). The molecule has 4 nitrogen and oxygen atoms in total. The molecule has 1 aromatic rings. The van der Waals surface area contributed by atoms with Gasteiger partial charge in [0.1, 0.15) is 0 Å². The van der Waals surface area contributed by atoms with Crippen LogP contribution in [0.15, 0.2) is 4.47 Å². The highest BCUT2D eigenvalue weighted by atomic mass is 79.9. The van der Waals surface area contributed by atoms with Gasteiger partial charge in [-0.05, 0) is 35.2 Å². The van der Waals surface area contributed by atoms with Crippen molar-refractivity contribution in [2.45, 2.75) is 57.9 Å². The summed E-state index contributed by atoms with van der Waals surface area (Å²) in [6.45, 7) is 2.03. The predicted octanol–water partition coefficient (Wildman–Crippen LogP) is 2.84. The summed E-state index contributed by atoms with van der Waals surface area (Å²) in [5, 5.41) is 4.45. The molecule has 3 N–H and O–H groups in total. The molecule has 0 amide bonds. The van der Waals surface area contributed by atoms with Crippen LogP contribution >= 0.6 is 15.9 Å². The Morgan fingerprint density at radius 2 is 2.11 bits per heavy atom. The predicted molar refractivity (Wildman–Crippen MR) is 81.7 cm³/mol. The zero-order chi connectivity index (χ0) is 13.8. The Labute approximate surface area is 124 Å². The Kier molecular flexibility index (Phi) is 5.42. The summed E-state index contributed by atoms with van der Waals surface area (Å²) in [5.74, 6) is 6.59. The van der Waals surface area contributed by atoms with Crippen molar-refractivity contribution < 1.29 is 0 Å². The van der Waals surface area contributed by atoms with E-state index in [-0.39, 0.29) is 0 Å². The summed E-state index contributed by atoms with van der Waals surface area (Å²) >= 11 is 3.63. The molecule has 1 aliphatic carbocycles. The van der Waals surface area contributed by atoms with E-state index in [1.807, 2.05) is 18.7 Å². The number of aromatic nitrogens is 2. The highest BCUT2D eigenvalue weighted by Gasteiger charge is 2.21. The van der Waals surface area contributed by atoms with Gasteiger partial charge in [-0.3, -0.25) is 16.0 Å². The first-order valence-corrected chi connectivity index (χ1v) is 8.05. The van der Waals surface area contributed by atoms with Gasteiger partial charge in [-0.25, -0.2) is 0 Å². The first-order chi connectivity index (χ1) is 9.11. The van der Waals surface area contributed by atoms with Gasteiger partial charge in [-0.1, -0.05) is 32.1 Å². The number of hydrogen-bond acceptors (Lipinski definition) is 3. The van der Waals surface area contributed by atoms with Crippen LogP contribution < -0.4 is 11.3 Å². The third-order valence-corrected chi connectivity index (χ3v) is 5.31. The maximum Gasteiger partial charge on any atom is 0.0738 e. The highest BCUT2D eigenvalue weighted by molar-refractivity contribution is 9.10. The smallest absolute Gasteiger partial charge is 0.0738 e. The fraction of sp³-hybridized carbons (Fsp3) is 0.786. The number of nitrogens with zero attached hydrogens (tertiary/aromatic N) is 2. The molecule has 0 bridgehead atoms. The summed E-state index contributed by atoms with van der Waals surface area (Å²) in [4.78, 5) is 0. The first kappa shape index (κ1) is 15.0. The van der Waals surface area contributed by atoms with Gasteiger partial charge < -0.3 is 0 Å². The number of nitrogens with one attached hydrogen (secondary N) is 1. The summed E-state index contributed by atoms with van der Waals surface area (Å²) < 4.78 is 3.09. The Balaban J connectivity index is 1.98. The molecule has 1 unspecified atom stereocenters. The molecule has 1 heterocycles. The third-order valence-electron chi connectivity index (χ3n) is 4.28. The zero-order valence-electron chi connectivity index (χ0n) is 12.0. The molecule has 0 aromatic carbocycles. The lowest BCUT2D eigenvalue weighted by atomic mass is 9.84. The second-order valence-electron chi connectivity index (χ2n) is 5.78. The van der Waals surface area contributed by atoms with Crippen LogP contribution in [0.1, 0.15) is 49.9 Å². The molecule has 19 heavy (non-hydrogen) atoms. The van der Waals surface area contributed by atoms with Crippen LogP contribution in [0.3, 0.4) is 0 Å². The molecule has 1 aromatic heterocycles. The van der Waals surface area contributed by atoms with E-state index in [0.29, 0.717) is 6.04 Å². The topological polar surface area (TPSA) is 55.9 Å². The summed E-state index contributed by atoms with van der Waals surface area (Å²) in [6.07, 6.45) is 9.02. The number of rotatable bonds is 5. The van der Waals surface area contributed by atoms with E-state index in [4.69, 9.17) is 5.84 Å². The maximum atomic E-state index is 5.75. The normalized spacial score (nSPS) is 18.7. The molecule has 1 fully saturated rings. The molecule has 1 aliphatic rings. The second-order valence-corrected chi connectivity index (χ2v) is 6.57. The Morgan fingerprint density at radius 3 is 2.63 bits per heavy atom. The molecule has 1 atom stereocenters. The maximum absolute atomic E-state index is 5.75. The number of halogens is 1. The number of aryl methyl sites for hydroxylation is 2. The van der Waals surface area contributed by atoms with Gasteiger partial charge in [-0.2, -0.15) is 5.10 Å². The fourth-order valence-corrected chi connectivity index (χ4v) is 3.67. The SMILES string of the molecule is Cc1nn(C)c(CC(CC2CCCCC2)NN)c1Br. The van der Waals surface area contributed by atoms with Gasteiger partial charge in [0.05, 0.1) is 15.9 Å². The Morgan fingerprint density at radius 1 is 1.42 bits per heavy atom. The zero-order valence-corrected chi connectivity index (χ0v) is 13.5. The van der Waals surface area contributed by atoms with Crippen molar-refractivity contribution in [1.29, 1.82) is 0 Å². The number of nitrogens with two attached hydrogens (primary N) is 1. The number of hydrogen-bond donors (Lipinski definition) is 2. The van der Waals surface area contributed by atoms with Crippen LogP contribution in [0.2, 0.25) is 0 Å². The van der Waals surface area contributed by atoms with Crippen LogP contribution in [-0.2, 0) is 13.5 Å². The third kappa shape index (κ3) is 3.80. The molecule has 0 spiro atoms. The minimum atomic E-state index is 0.342. The fourth-order valence-electron chi connectivity index (χ4n) is 3.17. The van der Waals surface area contributed by atoms with Crippen molar-refractivity contribution in [1.82, 2.24) is 15.2 Å². The van der Waals surface area contributed by atoms with Crippen LogP contribution in [0, 0.1) is 12.8 Å². The van der Waals surface area contributed by atoms with Crippen LogP contribution in [0.25, 0.3) is 0 Å². The summed E-state index contributed by atoms with van der Waals surface area (Å²) in [5.41, 5.74) is 5.28. The molecular weight excluding hydrogens is 304 g/mol. The van der Waals surface area contributed by atoms with E-state index < -0.39 is 0 Å². The van der Waals surface area contributed by atoms with Crippen molar-refractivity contribution >= 4 is 15.9 Å². The van der Waals surface area contributed by atoms with Crippen molar-refractivity contribution in [2.75, 3.05) is 0 Å². The average Bonchev–Trinajstić information content (AvgIpc) is 2.65. The van der Waals surface area contributed by atoms with Crippen molar-refractivity contribution in [2.24, 2.45) is 18.8 Å². The molecule has 0 radical (unpaired) electrons. The lowest BCUT2D eigenvalue weighted by molar-refractivity contribution is 0.296. The Hall–Kier alpha value is -0.390. The van der Waals surface area contributed by atoms with Gasteiger partial charge in [-0.15, -0.1) is 0 Å². The van der Waals surface area contributed by atoms with Crippen LogP contribution in [0.4, 0.5) is 0 Å². The van der Waals surface area contributed by atoms with E-state index >= 15 is 0 Å². The second kappa shape index (κ2) is 6.86. The Bertz CT molecular complexity index is 410. The summed E-state index contributed by atoms with van der Waals surface area (Å²) in [7, 11) is 2.00. The van der Waals surface area contributed by atoms with E-state index in [2.05, 4.69) is 26.5 Å². The standard InChI is InChI=1S/C14H25BrN4/c1-10-14(15)13(19(2)18-10)9-12(17-16)8-11-6-4-3-5-7-11/h11-12,17H,3-9,16H2,1-2H3. The van der Waals surface area contributed by atoms with Crippen LogP contribution in [0.5, 0.6) is 0 Å². The highest BCUT2D eigenvalue weighted by Crippen LogP contribution is 2.29. The van der Waals surface area contributed by atoms with Gasteiger partial charge in [0.15, 0.2) is 0 Å². The molecule has 0 saturated heterocycles. The van der Waals surface area contributed by atoms with Gasteiger partial charge in [0, 0.05) is 19.5 Å². The molecular formula is C14H25BrN4. The van der Waals surface area contributed by atoms with E-state index in [1.54, 1.807) is 0 Å². The molecule has 1 saturated carbocycles. The minimum Gasteiger partial charge on any atom is -0.271 e. The lowest BCUT2D eigenvalue weighted by Gasteiger charge is -2.26. The van der Waals surface area contributed by atoms with Crippen molar-refractivity contribution in [3.63, 3.8) is 0 Å². The van der Waals surface area contributed by atoms with Gasteiger partial charge in [0.2, 0.25) is 0 Å². The summed E-state index contributed by atoms with van der Waals surface area (Å²) in [6, 6.07) is 0.342. The van der Waals surface area contributed by atoms with Crippen molar-refractivity contribution in [3.8, 4) is 0 Å². The van der Waals surface area contributed by atoms with E-state index in [9.17, 15) is 0 Å². The minimum absolute atomic E-state index is 0.342. The lowest BCUT2D eigenvalue weighted by Crippen LogP contribution is -2.39. The van der Waals surface area contributed by atoms with Crippen LogP contribution in [-0.4, -0.2) is 15.8 Å². The van der Waals surface area contributed by atoms with Crippen molar-refractivity contribution in [3.05, 3.63) is 15.9 Å². The molecule has 0 aliphatic heterocycles. The van der Waals surface area contributed by atoms with E-state index in [0.717, 1.165) is 22.5 Å². The quantitative estimate of drug-likeness (QED) is 0.645. The van der Waals surface area contributed by atoms with Gasteiger partial charge >= 0.3 is 0 Å². The molecule has 5 heteroatoms. The number of hydrazine groups is 1. The molecule has 108 valence electrons. The largest absolute Gasteiger partial charge is 0.271 e. The first-order valence-electron chi connectivity index (χ1n) is 7.26. The monoisotopic (exact) mass is 328 g/mol. The van der Waals surface area contributed by atoms with E-state index in [1.165, 1.54) is 44.2 Å². The average molecular weight is 329 g/mol. The van der Waals surface area contributed by atoms with Gasteiger partial charge in [0.25, 0.3) is 0 Å².